The fraction of sp³-hybridized carbons (Fsp3) is 0.304. The maximum absolute atomic E-state index is 11.2. The lowest BCUT2D eigenvalue weighted by atomic mass is 10.0. The summed E-state index contributed by atoms with van der Waals surface area (Å²) in [6, 6.07) is 38.2. The van der Waals surface area contributed by atoms with Crippen molar-refractivity contribution in [1.29, 1.82) is 10.5 Å². The van der Waals surface area contributed by atoms with Crippen molar-refractivity contribution < 1.29 is 9.47 Å². The van der Waals surface area contributed by atoms with E-state index in [0.717, 1.165) is 62.9 Å². The number of hydrogen-bond donors (Lipinski definition) is 0. The van der Waals surface area contributed by atoms with E-state index < -0.39 is 0 Å². The maximum atomic E-state index is 11.2. The van der Waals surface area contributed by atoms with Crippen molar-refractivity contribution >= 4 is 43.6 Å². The molecule has 260 valence electrons. The molecule has 0 N–H and O–H groups in total. The molecule has 0 fully saturated rings. The first-order chi connectivity index (χ1) is 25.7. The smallest absolute Gasteiger partial charge is 0.183 e. The van der Waals surface area contributed by atoms with Crippen LogP contribution in [0.2, 0.25) is 0 Å². The molecule has 6 nitrogen and oxygen atoms in total. The van der Waals surface area contributed by atoms with Gasteiger partial charge in [-0.25, -0.2) is 0 Å². The largest absolute Gasteiger partial charge is 0.484 e. The van der Waals surface area contributed by atoms with Crippen LogP contribution in [0.15, 0.2) is 97.1 Å². The number of unbranched alkanes of at least 4 members (excludes halogenated alkanes) is 9. The highest BCUT2D eigenvalue weighted by Crippen LogP contribution is 2.49. The van der Waals surface area contributed by atoms with Crippen molar-refractivity contribution in [1.82, 2.24) is 9.13 Å². The Morgan fingerprint density at radius 3 is 1.35 bits per heavy atom. The molecule has 52 heavy (non-hydrogen) atoms. The normalized spacial score (nSPS) is 13.9. The van der Waals surface area contributed by atoms with Gasteiger partial charge in [0.05, 0.1) is 33.4 Å². The van der Waals surface area contributed by atoms with Crippen LogP contribution in [0.25, 0.3) is 55.0 Å². The van der Waals surface area contributed by atoms with Crippen LogP contribution in [0.3, 0.4) is 0 Å². The highest BCUT2D eigenvalue weighted by molar-refractivity contribution is 6.12. The molecule has 1 aliphatic rings. The molecule has 0 bridgehead atoms. The number of nitrogens with zero attached hydrogens (tertiary/aromatic N) is 4. The molecule has 5 aromatic carbocycles. The van der Waals surface area contributed by atoms with Gasteiger partial charge in [0, 0.05) is 21.5 Å². The minimum atomic E-state index is -0.203. The Kier molecular flexibility index (Phi) is 9.56. The zero-order valence-corrected chi connectivity index (χ0v) is 29.9. The highest BCUT2D eigenvalue weighted by atomic mass is 16.6. The molecule has 1 aliphatic heterocycles. The first-order valence-electron chi connectivity index (χ1n) is 19.1. The second kappa shape index (κ2) is 14.9. The van der Waals surface area contributed by atoms with E-state index >= 15 is 0 Å². The molecule has 3 heterocycles. The Labute approximate surface area is 305 Å². The monoisotopic (exact) mass is 684 g/mol. The van der Waals surface area contributed by atoms with Gasteiger partial charge in [0.15, 0.2) is 11.5 Å². The second-order valence-electron chi connectivity index (χ2n) is 14.1. The maximum Gasteiger partial charge on any atom is 0.183 e. The summed E-state index contributed by atoms with van der Waals surface area (Å²) in [4.78, 5) is 0. The van der Waals surface area contributed by atoms with Gasteiger partial charge in [-0.05, 0) is 37.1 Å². The van der Waals surface area contributed by atoms with Crippen molar-refractivity contribution in [3.8, 4) is 35.0 Å². The van der Waals surface area contributed by atoms with Crippen LogP contribution in [0.5, 0.6) is 11.5 Å². The summed E-state index contributed by atoms with van der Waals surface area (Å²) >= 11 is 0. The molecule has 0 aliphatic carbocycles. The minimum Gasteiger partial charge on any atom is -0.484 e. The van der Waals surface area contributed by atoms with E-state index in [-0.39, 0.29) is 6.10 Å². The van der Waals surface area contributed by atoms with Crippen LogP contribution in [-0.2, 0) is 0 Å². The van der Waals surface area contributed by atoms with E-state index in [1.54, 1.807) is 0 Å². The van der Waals surface area contributed by atoms with Gasteiger partial charge in [0.2, 0.25) is 0 Å². The molecule has 1 unspecified atom stereocenters. The van der Waals surface area contributed by atoms with E-state index in [1.165, 1.54) is 51.4 Å². The zero-order valence-electron chi connectivity index (χ0n) is 29.9. The molecule has 0 amide bonds. The molecule has 8 rings (SSSR count). The Bertz CT molecular complexity index is 2380. The third-order valence-corrected chi connectivity index (χ3v) is 10.8. The van der Waals surface area contributed by atoms with Gasteiger partial charge < -0.3 is 18.6 Å². The van der Waals surface area contributed by atoms with Crippen LogP contribution >= 0.6 is 0 Å². The number of para-hydroxylation sites is 4. The topological polar surface area (TPSA) is 75.9 Å². The van der Waals surface area contributed by atoms with E-state index in [4.69, 9.17) is 9.47 Å². The average Bonchev–Trinajstić information content (AvgIpc) is 3.70. The van der Waals surface area contributed by atoms with Gasteiger partial charge in [-0.2, -0.15) is 10.5 Å². The molecule has 0 spiro atoms. The minimum absolute atomic E-state index is 0.203. The van der Waals surface area contributed by atoms with E-state index in [2.05, 4.69) is 76.7 Å². The fourth-order valence-corrected chi connectivity index (χ4v) is 8.28. The lowest BCUT2D eigenvalue weighted by molar-refractivity contribution is 0.0821. The summed E-state index contributed by atoms with van der Waals surface area (Å²) in [6.45, 7) is 2.60. The van der Waals surface area contributed by atoms with Crippen molar-refractivity contribution in [2.24, 2.45) is 0 Å². The molecule has 7 aromatic rings. The first-order valence-corrected chi connectivity index (χ1v) is 19.1. The number of hydrogen-bond acceptors (Lipinski definition) is 4. The van der Waals surface area contributed by atoms with Crippen molar-refractivity contribution in [3.63, 3.8) is 0 Å². The van der Waals surface area contributed by atoms with E-state index in [0.29, 0.717) is 40.6 Å². The summed E-state index contributed by atoms with van der Waals surface area (Å²) in [7, 11) is 0. The fourth-order valence-electron chi connectivity index (χ4n) is 8.28. The summed E-state index contributed by atoms with van der Waals surface area (Å²) in [6.07, 6.45) is 13.3. The van der Waals surface area contributed by atoms with E-state index in [1.807, 2.05) is 48.5 Å². The molecule has 1 atom stereocenters. The highest BCUT2D eigenvalue weighted by Gasteiger charge is 2.35. The second-order valence-corrected chi connectivity index (χ2v) is 14.1. The average molecular weight is 685 g/mol. The van der Waals surface area contributed by atoms with Crippen LogP contribution in [0.1, 0.15) is 88.7 Å². The standard InChI is InChI=1S/C46H44N4O2/c1-2-3-4-5-6-7-8-9-10-11-20-32-31-51-45-37(29-47)43(49-39-25-16-12-21-33(39)34-22-13-17-26-40(34)49)44(38(30-48)46(45)52-32)50-41-27-18-14-23-35(41)36-24-15-19-28-42(36)50/h12-19,21-28,32H,2-11,20,31H2,1H3. The third-order valence-electron chi connectivity index (χ3n) is 10.8. The Morgan fingerprint density at radius 2 is 0.923 bits per heavy atom. The molecule has 2 aromatic heterocycles. The summed E-state index contributed by atoms with van der Waals surface area (Å²) in [5.74, 6) is 0.712. The van der Waals surface area contributed by atoms with Crippen molar-refractivity contribution in [3.05, 3.63) is 108 Å². The van der Waals surface area contributed by atoms with Crippen molar-refractivity contribution in [2.45, 2.75) is 83.7 Å². The van der Waals surface area contributed by atoms with Gasteiger partial charge >= 0.3 is 0 Å². The lowest BCUT2D eigenvalue weighted by Gasteiger charge is -2.31. The molecule has 0 radical (unpaired) electrons. The third kappa shape index (κ3) is 5.83. The number of aromatic nitrogens is 2. The first kappa shape index (κ1) is 33.4. The Morgan fingerprint density at radius 1 is 0.538 bits per heavy atom. The predicted octanol–water partition coefficient (Wildman–Crippen LogP) is 12.1. The van der Waals surface area contributed by atoms with Gasteiger partial charge in [-0.3, -0.25) is 0 Å². The van der Waals surface area contributed by atoms with Gasteiger partial charge in [0.25, 0.3) is 0 Å². The van der Waals surface area contributed by atoms with Gasteiger partial charge in [0.1, 0.15) is 36.0 Å². The predicted molar refractivity (Wildman–Crippen MR) is 211 cm³/mol. The number of nitriles is 2. The van der Waals surface area contributed by atoms with E-state index in [9.17, 15) is 10.5 Å². The summed E-state index contributed by atoms with van der Waals surface area (Å²) < 4.78 is 17.6. The van der Waals surface area contributed by atoms with Crippen LogP contribution in [-0.4, -0.2) is 21.8 Å². The van der Waals surface area contributed by atoms with Crippen LogP contribution in [0.4, 0.5) is 0 Å². The number of benzene rings is 5. The Hall–Kier alpha value is -5.72. The SMILES string of the molecule is CCCCCCCCCCCCC1COc2c(C#N)c(-n3c4ccccc4c4ccccc43)c(-n3c4ccccc4c4ccccc43)c(C#N)c2O1. The summed E-state index contributed by atoms with van der Waals surface area (Å²) in [5, 5.41) is 26.6. The molecular weight excluding hydrogens is 641 g/mol. The van der Waals surface area contributed by atoms with Gasteiger partial charge in [-0.15, -0.1) is 0 Å². The van der Waals surface area contributed by atoms with Crippen LogP contribution < -0.4 is 9.47 Å². The molecule has 0 saturated carbocycles. The summed E-state index contributed by atoms with van der Waals surface area (Å²) in [5.41, 5.74) is 5.74. The van der Waals surface area contributed by atoms with Crippen LogP contribution in [0, 0.1) is 22.7 Å². The lowest BCUT2D eigenvalue weighted by Crippen LogP contribution is -2.30. The molecule has 0 saturated heterocycles. The zero-order chi connectivity index (χ0) is 35.4. The number of fused-ring (bicyclic) bond motifs is 7. The number of rotatable bonds is 13. The number of ether oxygens (including phenoxy) is 2. The quantitative estimate of drug-likeness (QED) is 0.113. The van der Waals surface area contributed by atoms with Gasteiger partial charge in [-0.1, -0.05) is 138 Å². The Balaban J connectivity index is 1.26. The van der Waals surface area contributed by atoms with Crippen molar-refractivity contribution in [2.75, 3.05) is 6.61 Å². The molecule has 6 heteroatoms. The molecular formula is C46H44N4O2.